The molecule has 64 valence electrons. The molecule has 0 rings (SSSR count). The lowest BCUT2D eigenvalue weighted by Crippen LogP contribution is -2.02. The fraction of sp³-hybridized carbons (Fsp3) is 0.625. The van der Waals surface area contributed by atoms with Crippen molar-refractivity contribution in [3.8, 4) is 0 Å². The van der Waals surface area contributed by atoms with Crippen LogP contribution in [0.1, 0.15) is 19.3 Å². The molecular weight excluding hydrogens is 164 g/mol. The smallest absolute Gasteiger partial charge is 0.196 e. The Kier molecular flexibility index (Phi) is 5.94. The van der Waals surface area contributed by atoms with E-state index in [4.69, 9.17) is 11.6 Å². The molecule has 3 heteroatoms. The van der Waals surface area contributed by atoms with Crippen LogP contribution in [0.2, 0.25) is 0 Å². The van der Waals surface area contributed by atoms with E-state index in [9.17, 15) is 4.79 Å². The zero-order valence-electron chi connectivity index (χ0n) is 6.73. The molecule has 0 bridgehead atoms. The minimum absolute atomic E-state index is 0.0300. The highest BCUT2D eigenvalue weighted by Gasteiger charge is 2.05. The summed E-state index contributed by atoms with van der Waals surface area (Å²) in [4.78, 5) is 11.0. The van der Waals surface area contributed by atoms with Crippen molar-refractivity contribution in [2.75, 3.05) is 13.0 Å². The molecule has 0 aliphatic rings. The van der Waals surface area contributed by atoms with Crippen LogP contribution >= 0.6 is 11.6 Å². The van der Waals surface area contributed by atoms with Crippen LogP contribution in [-0.2, 0) is 9.53 Å². The Balaban J connectivity index is 3.44. The lowest BCUT2D eigenvalue weighted by Gasteiger charge is -2.01. The molecular formula is C8H13ClO2. The van der Waals surface area contributed by atoms with Gasteiger partial charge in [0.1, 0.15) is 0 Å². The van der Waals surface area contributed by atoms with E-state index in [1.54, 1.807) is 0 Å². The number of carbonyl (C=O) groups excluding carboxylic acids is 1. The van der Waals surface area contributed by atoms with Crippen LogP contribution in [0.15, 0.2) is 12.3 Å². The molecule has 0 N–H and O–H groups in total. The van der Waals surface area contributed by atoms with Crippen molar-refractivity contribution in [3.05, 3.63) is 12.3 Å². The Morgan fingerprint density at radius 3 is 2.64 bits per heavy atom. The summed E-state index contributed by atoms with van der Waals surface area (Å²) in [5.74, 6) is 0.810. The van der Waals surface area contributed by atoms with Crippen LogP contribution < -0.4 is 0 Å². The van der Waals surface area contributed by atoms with Gasteiger partial charge in [0, 0.05) is 12.3 Å². The Bertz CT molecular complexity index is 143. The van der Waals surface area contributed by atoms with E-state index in [1.807, 2.05) is 0 Å². The molecule has 0 atom stereocenters. The first-order valence-electron chi connectivity index (χ1n) is 3.54. The van der Waals surface area contributed by atoms with Crippen molar-refractivity contribution in [2.45, 2.75) is 19.3 Å². The standard InChI is InChI=1S/C8H13ClO2/c1-7(11-2)8(10)5-3-4-6-9/h1,3-6H2,2H3. The van der Waals surface area contributed by atoms with Gasteiger partial charge in [-0.15, -0.1) is 11.6 Å². The predicted octanol–water partition coefficient (Wildman–Crippen LogP) is 2.12. The molecule has 0 heterocycles. The maximum atomic E-state index is 11.0. The molecule has 0 aromatic rings. The normalized spacial score (nSPS) is 9.27. The van der Waals surface area contributed by atoms with Gasteiger partial charge in [-0.1, -0.05) is 6.58 Å². The largest absolute Gasteiger partial charge is 0.494 e. The average molecular weight is 177 g/mol. The summed E-state index contributed by atoms with van der Waals surface area (Å²) in [6, 6.07) is 0. The Morgan fingerprint density at radius 1 is 1.55 bits per heavy atom. The molecule has 0 aromatic heterocycles. The molecule has 0 unspecified atom stereocenters. The number of hydrogen-bond donors (Lipinski definition) is 0. The lowest BCUT2D eigenvalue weighted by atomic mass is 10.2. The van der Waals surface area contributed by atoms with E-state index in [0.29, 0.717) is 12.3 Å². The van der Waals surface area contributed by atoms with E-state index >= 15 is 0 Å². The average Bonchev–Trinajstić information content (AvgIpc) is 2.03. The molecule has 0 saturated carbocycles. The van der Waals surface area contributed by atoms with E-state index in [2.05, 4.69) is 11.3 Å². The third-order valence-corrected chi connectivity index (χ3v) is 1.61. The van der Waals surface area contributed by atoms with Crippen LogP contribution in [-0.4, -0.2) is 18.8 Å². The number of hydrogen-bond acceptors (Lipinski definition) is 2. The zero-order valence-corrected chi connectivity index (χ0v) is 7.49. The second-order valence-corrected chi connectivity index (χ2v) is 2.57. The fourth-order valence-electron chi connectivity index (χ4n) is 0.633. The highest BCUT2D eigenvalue weighted by atomic mass is 35.5. The first-order valence-corrected chi connectivity index (χ1v) is 4.08. The number of unbranched alkanes of at least 4 members (excludes halogenated alkanes) is 1. The van der Waals surface area contributed by atoms with Crippen LogP contribution in [0.3, 0.4) is 0 Å². The zero-order chi connectivity index (χ0) is 8.69. The molecule has 0 amide bonds. The molecule has 11 heavy (non-hydrogen) atoms. The first-order chi connectivity index (χ1) is 5.22. The van der Waals surface area contributed by atoms with Crippen LogP contribution in [0, 0.1) is 0 Å². The summed E-state index contributed by atoms with van der Waals surface area (Å²) in [5, 5.41) is 0. The quantitative estimate of drug-likeness (QED) is 0.268. The highest BCUT2D eigenvalue weighted by molar-refractivity contribution is 6.17. The number of rotatable bonds is 6. The lowest BCUT2D eigenvalue weighted by molar-refractivity contribution is -0.118. The molecule has 2 nitrogen and oxygen atoms in total. The van der Waals surface area contributed by atoms with Gasteiger partial charge in [-0.05, 0) is 12.8 Å². The summed E-state index contributed by atoms with van der Waals surface area (Å²) in [7, 11) is 1.45. The summed E-state index contributed by atoms with van der Waals surface area (Å²) in [5.41, 5.74) is 0. The maximum Gasteiger partial charge on any atom is 0.196 e. The molecule has 0 aliphatic heterocycles. The van der Waals surface area contributed by atoms with E-state index < -0.39 is 0 Å². The highest BCUT2D eigenvalue weighted by Crippen LogP contribution is 2.03. The number of ether oxygens (including phenoxy) is 1. The Labute approximate surface area is 72.2 Å². The number of methoxy groups -OCH3 is 1. The fourth-order valence-corrected chi connectivity index (χ4v) is 0.822. The van der Waals surface area contributed by atoms with Gasteiger partial charge in [-0.3, -0.25) is 4.79 Å². The molecule has 0 radical (unpaired) electrons. The Hall–Kier alpha value is -0.500. The van der Waals surface area contributed by atoms with Gasteiger partial charge >= 0.3 is 0 Å². The SMILES string of the molecule is C=C(OC)C(=O)CCCCCl. The van der Waals surface area contributed by atoms with E-state index in [1.165, 1.54) is 7.11 Å². The summed E-state index contributed by atoms with van der Waals surface area (Å²) in [6.45, 7) is 3.45. The van der Waals surface area contributed by atoms with Crippen LogP contribution in [0.25, 0.3) is 0 Å². The van der Waals surface area contributed by atoms with Gasteiger partial charge in [-0.25, -0.2) is 0 Å². The van der Waals surface area contributed by atoms with Gasteiger partial charge in [0.2, 0.25) is 0 Å². The third kappa shape index (κ3) is 4.85. The molecule has 0 aliphatic carbocycles. The van der Waals surface area contributed by atoms with Crippen LogP contribution in [0.5, 0.6) is 0 Å². The van der Waals surface area contributed by atoms with Crippen LogP contribution in [0.4, 0.5) is 0 Å². The van der Waals surface area contributed by atoms with Crippen molar-refractivity contribution in [1.29, 1.82) is 0 Å². The van der Waals surface area contributed by atoms with Crippen molar-refractivity contribution in [3.63, 3.8) is 0 Å². The molecule has 0 aromatic carbocycles. The van der Waals surface area contributed by atoms with Crippen molar-refractivity contribution in [2.24, 2.45) is 0 Å². The number of Topliss-reactive ketones (excluding diaryl/α,β-unsaturated/α-hetero) is 1. The minimum Gasteiger partial charge on any atom is -0.494 e. The minimum atomic E-state index is -0.0300. The molecule has 0 fully saturated rings. The number of alkyl halides is 1. The number of ketones is 1. The molecule has 0 spiro atoms. The van der Waals surface area contributed by atoms with Gasteiger partial charge in [0.15, 0.2) is 11.5 Å². The van der Waals surface area contributed by atoms with Gasteiger partial charge in [0.05, 0.1) is 7.11 Å². The summed E-state index contributed by atoms with van der Waals surface area (Å²) >= 11 is 5.43. The van der Waals surface area contributed by atoms with Gasteiger partial charge in [-0.2, -0.15) is 0 Å². The van der Waals surface area contributed by atoms with Gasteiger partial charge < -0.3 is 4.74 Å². The second-order valence-electron chi connectivity index (χ2n) is 2.20. The summed E-state index contributed by atoms with van der Waals surface area (Å²) < 4.78 is 4.67. The van der Waals surface area contributed by atoms with Crippen molar-refractivity contribution >= 4 is 17.4 Å². The van der Waals surface area contributed by atoms with Gasteiger partial charge in [0.25, 0.3) is 0 Å². The monoisotopic (exact) mass is 176 g/mol. The number of halogens is 1. The second kappa shape index (κ2) is 6.23. The predicted molar refractivity (Wildman–Crippen MR) is 45.7 cm³/mol. The maximum absolute atomic E-state index is 11.0. The summed E-state index contributed by atoms with van der Waals surface area (Å²) in [6.07, 6.45) is 2.16. The molecule has 0 saturated heterocycles. The third-order valence-electron chi connectivity index (χ3n) is 1.34. The number of allylic oxidation sites excluding steroid dienone is 1. The van der Waals surface area contributed by atoms with E-state index in [-0.39, 0.29) is 11.5 Å². The number of carbonyl (C=O) groups is 1. The van der Waals surface area contributed by atoms with Crippen molar-refractivity contribution < 1.29 is 9.53 Å². The Morgan fingerprint density at radius 2 is 2.18 bits per heavy atom. The van der Waals surface area contributed by atoms with Crippen molar-refractivity contribution in [1.82, 2.24) is 0 Å². The first kappa shape index (κ1) is 10.5. The van der Waals surface area contributed by atoms with E-state index in [0.717, 1.165) is 12.8 Å². The topological polar surface area (TPSA) is 26.3 Å².